The Labute approximate surface area is 176 Å². The Morgan fingerprint density at radius 1 is 1.03 bits per heavy atom. The lowest BCUT2D eigenvalue weighted by molar-refractivity contribution is -0.137. The molecule has 0 unspecified atom stereocenters. The third-order valence-electron chi connectivity index (χ3n) is 5.56. The van der Waals surface area contributed by atoms with Crippen LogP contribution < -0.4 is 0 Å². The van der Waals surface area contributed by atoms with E-state index in [9.17, 15) is 21.6 Å². The highest BCUT2D eigenvalue weighted by Crippen LogP contribution is 2.30. The monoisotopic (exact) mass is 440 g/mol. The van der Waals surface area contributed by atoms with E-state index >= 15 is 0 Å². The molecule has 164 valence electrons. The van der Waals surface area contributed by atoms with Gasteiger partial charge in [0.05, 0.1) is 11.3 Å². The predicted molar refractivity (Wildman–Crippen MR) is 111 cm³/mol. The summed E-state index contributed by atoms with van der Waals surface area (Å²) in [6.45, 7) is 3.17. The summed E-state index contributed by atoms with van der Waals surface area (Å²) in [5.41, 5.74) is 1.75. The molecule has 0 spiro atoms. The van der Waals surface area contributed by atoms with Crippen molar-refractivity contribution in [1.82, 2.24) is 9.21 Å². The summed E-state index contributed by atoms with van der Waals surface area (Å²) in [7, 11) is -1.52. The average molecular weight is 441 g/mol. The lowest BCUT2D eigenvalue weighted by atomic mass is 10.0. The van der Waals surface area contributed by atoms with Crippen LogP contribution in [0.1, 0.15) is 35.1 Å². The molecule has 1 heterocycles. The van der Waals surface area contributed by atoms with Crippen LogP contribution >= 0.6 is 0 Å². The number of nitrogens with zero attached hydrogens (tertiary/aromatic N) is 2. The van der Waals surface area contributed by atoms with Crippen LogP contribution in [0, 0.1) is 6.92 Å². The van der Waals surface area contributed by atoms with Gasteiger partial charge in [-0.2, -0.15) is 13.2 Å². The maximum atomic E-state index is 12.9. The summed E-state index contributed by atoms with van der Waals surface area (Å²) in [4.78, 5) is 2.01. The van der Waals surface area contributed by atoms with Gasteiger partial charge in [-0.3, -0.25) is 4.90 Å². The van der Waals surface area contributed by atoms with Gasteiger partial charge in [-0.05, 0) is 44.0 Å². The van der Waals surface area contributed by atoms with Crippen molar-refractivity contribution >= 4 is 10.0 Å². The number of aryl methyl sites for hydroxylation is 1. The highest BCUT2D eigenvalue weighted by atomic mass is 32.2. The molecule has 1 fully saturated rings. The topological polar surface area (TPSA) is 40.6 Å². The zero-order valence-corrected chi connectivity index (χ0v) is 18.0. The summed E-state index contributed by atoms with van der Waals surface area (Å²) in [5, 5.41) is 0. The molecule has 0 saturated carbocycles. The normalized spacial score (nSPS) is 16.9. The van der Waals surface area contributed by atoms with Gasteiger partial charge in [-0.1, -0.05) is 48.0 Å². The Hall–Kier alpha value is -1.90. The summed E-state index contributed by atoms with van der Waals surface area (Å²) in [5.74, 6) is -0.0145. The lowest BCUT2D eigenvalue weighted by Gasteiger charge is -2.36. The number of sulfonamides is 1. The lowest BCUT2D eigenvalue weighted by Crippen LogP contribution is -2.45. The van der Waals surface area contributed by atoms with Crippen LogP contribution in [-0.2, 0) is 28.5 Å². The number of hydrogen-bond acceptors (Lipinski definition) is 3. The van der Waals surface area contributed by atoms with Crippen molar-refractivity contribution < 1.29 is 21.6 Å². The first-order valence-electron chi connectivity index (χ1n) is 9.94. The second kappa shape index (κ2) is 9.08. The summed E-state index contributed by atoms with van der Waals surface area (Å²) >= 11 is 0. The number of piperidine rings is 1. The third-order valence-corrected chi connectivity index (χ3v) is 7.41. The van der Waals surface area contributed by atoms with Crippen molar-refractivity contribution in [3.63, 3.8) is 0 Å². The average Bonchev–Trinajstić information content (AvgIpc) is 2.67. The molecular weight excluding hydrogens is 413 g/mol. The Kier molecular flexibility index (Phi) is 6.89. The standard InChI is InChI=1S/C22H27F3N2O2S/c1-17-5-3-7-19(13-17)16-30(28,29)27-11-9-21(10-12-27)26(2)15-18-6-4-8-20(14-18)22(23,24)25/h3-8,13-14,21H,9-12,15-16H2,1-2H3. The molecule has 1 saturated heterocycles. The van der Waals surface area contributed by atoms with Crippen molar-refractivity contribution in [3.05, 3.63) is 70.8 Å². The summed E-state index contributed by atoms with van der Waals surface area (Å²) < 4.78 is 65.8. The van der Waals surface area contributed by atoms with E-state index in [2.05, 4.69) is 0 Å². The SMILES string of the molecule is Cc1cccc(CS(=O)(=O)N2CCC(N(C)Cc3cccc(C(F)(F)F)c3)CC2)c1. The third kappa shape index (κ3) is 5.83. The van der Waals surface area contributed by atoms with Crippen LogP contribution in [0.4, 0.5) is 13.2 Å². The van der Waals surface area contributed by atoms with E-state index in [0.717, 1.165) is 17.2 Å². The fourth-order valence-electron chi connectivity index (χ4n) is 3.93. The molecular formula is C22H27F3N2O2S. The van der Waals surface area contributed by atoms with Gasteiger partial charge < -0.3 is 0 Å². The second-order valence-corrected chi connectivity index (χ2v) is 9.96. The van der Waals surface area contributed by atoms with Crippen molar-refractivity contribution in [3.8, 4) is 0 Å². The zero-order chi connectivity index (χ0) is 21.9. The first kappa shape index (κ1) is 22.8. The molecule has 0 N–H and O–H groups in total. The van der Waals surface area contributed by atoms with Crippen molar-refractivity contribution in [2.24, 2.45) is 0 Å². The van der Waals surface area contributed by atoms with Gasteiger partial charge in [-0.15, -0.1) is 0 Å². The minimum atomic E-state index is -4.36. The van der Waals surface area contributed by atoms with E-state index < -0.39 is 21.8 Å². The van der Waals surface area contributed by atoms with Gasteiger partial charge in [0.15, 0.2) is 0 Å². The van der Waals surface area contributed by atoms with E-state index in [1.165, 1.54) is 16.4 Å². The Bertz CT molecular complexity index is 968. The quantitative estimate of drug-likeness (QED) is 0.667. The van der Waals surface area contributed by atoms with Gasteiger partial charge in [0.2, 0.25) is 10.0 Å². The van der Waals surface area contributed by atoms with E-state index in [-0.39, 0.29) is 11.8 Å². The molecule has 0 bridgehead atoms. The summed E-state index contributed by atoms with van der Waals surface area (Å²) in [6.07, 6.45) is -3.05. The Morgan fingerprint density at radius 3 is 2.30 bits per heavy atom. The molecule has 0 aromatic heterocycles. The van der Waals surface area contributed by atoms with Crippen LogP contribution in [0.2, 0.25) is 0 Å². The van der Waals surface area contributed by atoms with E-state index in [0.29, 0.717) is 38.0 Å². The van der Waals surface area contributed by atoms with Gasteiger partial charge in [0, 0.05) is 25.7 Å². The molecule has 2 aromatic rings. The van der Waals surface area contributed by atoms with Crippen LogP contribution in [0.25, 0.3) is 0 Å². The Balaban J connectivity index is 1.57. The van der Waals surface area contributed by atoms with Gasteiger partial charge in [-0.25, -0.2) is 12.7 Å². The number of alkyl halides is 3. The highest BCUT2D eigenvalue weighted by molar-refractivity contribution is 7.88. The van der Waals surface area contributed by atoms with Crippen LogP contribution in [0.15, 0.2) is 48.5 Å². The molecule has 0 amide bonds. The molecule has 2 aromatic carbocycles. The van der Waals surface area contributed by atoms with Crippen LogP contribution in [0.5, 0.6) is 0 Å². The van der Waals surface area contributed by atoms with E-state index in [1.807, 2.05) is 43.1 Å². The highest BCUT2D eigenvalue weighted by Gasteiger charge is 2.32. The fraction of sp³-hybridized carbons (Fsp3) is 0.455. The van der Waals surface area contributed by atoms with Crippen molar-refractivity contribution in [2.75, 3.05) is 20.1 Å². The molecule has 0 radical (unpaired) electrons. The smallest absolute Gasteiger partial charge is 0.299 e. The van der Waals surface area contributed by atoms with Crippen LogP contribution in [0.3, 0.4) is 0 Å². The second-order valence-electron chi connectivity index (χ2n) is 7.99. The van der Waals surface area contributed by atoms with Gasteiger partial charge in [0.25, 0.3) is 0 Å². The molecule has 0 aliphatic carbocycles. The van der Waals surface area contributed by atoms with E-state index in [1.54, 1.807) is 6.07 Å². The number of rotatable bonds is 6. The minimum Gasteiger partial charge on any atom is -0.299 e. The van der Waals surface area contributed by atoms with E-state index in [4.69, 9.17) is 0 Å². The number of hydrogen-bond donors (Lipinski definition) is 0. The number of halogens is 3. The molecule has 1 aliphatic rings. The first-order valence-corrected chi connectivity index (χ1v) is 11.6. The molecule has 30 heavy (non-hydrogen) atoms. The molecule has 1 aliphatic heterocycles. The maximum absolute atomic E-state index is 12.9. The first-order chi connectivity index (χ1) is 14.0. The molecule has 3 rings (SSSR count). The van der Waals surface area contributed by atoms with Crippen molar-refractivity contribution in [2.45, 2.75) is 44.3 Å². The predicted octanol–water partition coefficient (Wildman–Crippen LogP) is 4.44. The zero-order valence-electron chi connectivity index (χ0n) is 17.2. The molecule has 0 atom stereocenters. The maximum Gasteiger partial charge on any atom is 0.416 e. The Morgan fingerprint density at radius 2 is 1.67 bits per heavy atom. The molecule has 8 heteroatoms. The van der Waals surface area contributed by atoms with Gasteiger partial charge >= 0.3 is 6.18 Å². The summed E-state index contributed by atoms with van der Waals surface area (Å²) in [6, 6.07) is 13.0. The van der Waals surface area contributed by atoms with Gasteiger partial charge in [0.1, 0.15) is 0 Å². The minimum absolute atomic E-state index is 0.0145. The van der Waals surface area contributed by atoms with Crippen LogP contribution in [-0.4, -0.2) is 43.8 Å². The fourth-order valence-corrected chi connectivity index (χ4v) is 5.48. The largest absolute Gasteiger partial charge is 0.416 e. The van der Waals surface area contributed by atoms with Crippen molar-refractivity contribution in [1.29, 1.82) is 0 Å². The number of benzene rings is 2. The molecule has 4 nitrogen and oxygen atoms in total.